The van der Waals surface area contributed by atoms with Gasteiger partial charge in [-0.05, 0) is 30.1 Å². The van der Waals surface area contributed by atoms with Crippen molar-refractivity contribution in [1.29, 1.82) is 0 Å². The van der Waals surface area contributed by atoms with E-state index in [1.807, 2.05) is 0 Å². The first kappa shape index (κ1) is 14.4. The maximum atomic E-state index is 11.9. The Kier molecular flexibility index (Phi) is 4.53. The van der Waals surface area contributed by atoms with Gasteiger partial charge in [0, 0.05) is 6.42 Å². The van der Waals surface area contributed by atoms with Gasteiger partial charge in [-0.1, -0.05) is 39.9 Å². The lowest BCUT2D eigenvalue weighted by Gasteiger charge is -2.27. The highest BCUT2D eigenvalue weighted by Gasteiger charge is 2.34. The molecular formula is C13H24N2OS. The van der Waals surface area contributed by atoms with Gasteiger partial charge in [0.2, 0.25) is 5.91 Å². The van der Waals surface area contributed by atoms with Crippen LogP contribution in [0.15, 0.2) is 0 Å². The lowest BCUT2D eigenvalue weighted by atomic mass is 9.80. The van der Waals surface area contributed by atoms with Gasteiger partial charge in [0.15, 0.2) is 0 Å². The monoisotopic (exact) mass is 256 g/mol. The molecule has 0 radical (unpaired) electrons. The van der Waals surface area contributed by atoms with Gasteiger partial charge in [-0.2, -0.15) is 0 Å². The van der Waals surface area contributed by atoms with Crippen LogP contribution in [-0.4, -0.2) is 16.9 Å². The summed E-state index contributed by atoms with van der Waals surface area (Å²) >= 11 is 5.00. The molecule has 0 bridgehead atoms. The number of nitrogens with one attached hydrogen (secondary N) is 1. The van der Waals surface area contributed by atoms with Crippen molar-refractivity contribution in [3.05, 3.63) is 0 Å². The summed E-state index contributed by atoms with van der Waals surface area (Å²) in [7, 11) is 0. The number of nitrogens with two attached hydrogens (primary N) is 1. The van der Waals surface area contributed by atoms with Crippen molar-refractivity contribution in [3.63, 3.8) is 0 Å². The van der Waals surface area contributed by atoms with Crippen molar-refractivity contribution in [3.8, 4) is 0 Å². The van der Waals surface area contributed by atoms with E-state index in [4.69, 9.17) is 18.0 Å². The van der Waals surface area contributed by atoms with Crippen molar-refractivity contribution in [1.82, 2.24) is 5.32 Å². The summed E-state index contributed by atoms with van der Waals surface area (Å²) in [5, 5.41) is 2.98. The van der Waals surface area contributed by atoms with Crippen molar-refractivity contribution in [2.45, 2.75) is 53.0 Å². The van der Waals surface area contributed by atoms with Crippen molar-refractivity contribution >= 4 is 23.1 Å². The molecule has 3 nitrogen and oxygen atoms in total. The highest BCUT2D eigenvalue weighted by Crippen LogP contribution is 2.33. The number of carbonyl (C=O) groups is 1. The Bertz CT molecular complexity index is 305. The highest BCUT2D eigenvalue weighted by atomic mass is 32.1. The first-order chi connectivity index (χ1) is 7.71. The fraction of sp³-hybridized carbons (Fsp3) is 0.846. The maximum Gasteiger partial charge on any atom is 0.220 e. The Morgan fingerprint density at radius 1 is 1.47 bits per heavy atom. The molecule has 3 N–H and O–H groups in total. The van der Waals surface area contributed by atoms with Gasteiger partial charge in [-0.15, -0.1) is 0 Å². The number of carbonyl (C=O) groups excluding carboxylic acids is 1. The number of hydrogen-bond acceptors (Lipinski definition) is 2. The predicted octanol–water partition coefficient (Wildman–Crippen LogP) is 2.24. The molecular weight excluding hydrogens is 232 g/mol. The molecule has 0 aromatic heterocycles. The molecule has 0 spiro atoms. The van der Waals surface area contributed by atoms with E-state index < -0.39 is 0 Å². The molecule has 1 saturated carbocycles. The number of rotatable bonds is 5. The third-order valence-electron chi connectivity index (χ3n) is 3.69. The lowest BCUT2D eigenvalue weighted by Crippen LogP contribution is -2.45. The van der Waals surface area contributed by atoms with Crippen LogP contribution >= 0.6 is 12.2 Å². The molecule has 2 atom stereocenters. The topological polar surface area (TPSA) is 55.1 Å². The van der Waals surface area contributed by atoms with Crippen molar-refractivity contribution in [2.75, 3.05) is 0 Å². The van der Waals surface area contributed by atoms with Gasteiger partial charge < -0.3 is 11.1 Å². The van der Waals surface area contributed by atoms with Gasteiger partial charge in [0.05, 0.1) is 11.0 Å². The molecule has 1 fully saturated rings. The van der Waals surface area contributed by atoms with Crippen LogP contribution in [0.1, 0.15) is 47.0 Å². The molecule has 1 aliphatic rings. The van der Waals surface area contributed by atoms with E-state index in [9.17, 15) is 4.79 Å². The highest BCUT2D eigenvalue weighted by molar-refractivity contribution is 7.80. The maximum absolute atomic E-state index is 11.9. The van der Waals surface area contributed by atoms with Gasteiger partial charge >= 0.3 is 0 Å². The Labute approximate surface area is 110 Å². The largest absolute Gasteiger partial charge is 0.392 e. The first-order valence-electron chi connectivity index (χ1n) is 6.30. The normalized spacial score (nSPS) is 19.5. The van der Waals surface area contributed by atoms with Crippen LogP contribution < -0.4 is 11.1 Å². The third kappa shape index (κ3) is 4.62. The van der Waals surface area contributed by atoms with Crippen LogP contribution in [0, 0.1) is 17.3 Å². The van der Waals surface area contributed by atoms with Gasteiger partial charge in [-0.25, -0.2) is 0 Å². The zero-order chi connectivity index (χ0) is 13.2. The van der Waals surface area contributed by atoms with Crippen LogP contribution in [0.25, 0.3) is 0 Å². The molecule has 4 heteroatoms. The molecule has 0 aliphatic heterocycles. The van der Waals surface area contributed by atoms with E-state index >= 15 is 0 Å². The molecule has 1 rings (SSSR count). The zero-order valence-corrected chi connectivity index (χ0v) is 12.1. The molecule has 17 heavy (non-hydrogen) atoms. The second-order valence-electron chi connectivity index (χ2n) is 6.26. The van der Waals surface area contributed by atoms with Crippen LogP contribution in [0.2, 0.25) is 0 Å². The van der Waals surface area contributed by atoms with E-state index in [0.29, 0.717) is 23.2 Å². The van der Waals surface area contributed by atoms with Crippen LogP contribution in [-0.2, 0) is 4.79 Å². The minimum absolute atomic E-state index is 0.0668. The summed E-state index contributed by atoms with van der Waals surface area (Å²) in [6.07, 6.45) is 2.78. The minimum atomic E-state index is -0.0929. The molecule has 98 valence electrons. The Balaban J connectivity index is 2.45. The van der Waals surface area contributed by atoms with E-state index in [1.54, 1.807) is 0 Å². The van der Waals surface area contributed by atoms with Crippen molar-refractivity contribution in [2.24, 2.45) is 23.0 Å². The van der Waals surface area contributed by atoms with Gasteiger partial charge in [0.1, 0.15) is 0 Å². The molecule has 1 aliphatic carbocycles. The molecule has 0 aromatic rings. The summed E-state index contributed by atoms with van der Waals surface area (Å²) in [4.78, 5) is 12.3. The number of hydrogen-bond donors (Lipinski definition) is 2. The number of amides is 1. The Morgan fingerprint density at radius 3 is 2.35 bits per heavy atom. The van der Waals surface area contributed by atoms with Crippen molar-refractivity contribution < 1.29 is 4.79 Å². The second kappa shape index (κ2) is 5.34. The van der Waals surface area contributed by atoms with E-state index in [2.05, 4.69) is 33.0 Å². The SMILES string of the molecule is CC(CC(=O)NC(C(N)=S)C1CC1)C(C)(C)C. The van der Waals surface area contributed by atoms with Crippen LogP contribution in [0.5, 0.6) is 0 Å². The fourth-order valence-corrected chi connectivity index (χ4v) is 1.92. The summed E-state index contributed by atoms with van der Waals surface area (Å²) in [5.74, 6) is 0.882. The second-order valence-corrected chi connectivity index (χ2v) is 6.73. The summed E-state index contributed by atoms with van der Waals surface area (Å²) < 4.78 is 0. The molecule has 2 unspecified atom stereocenters. The molecule has 0 heterocycles. The quantitative estimate of drug-likeness (QED) is 0.742. The van der Waals surface area contributed by atoms with E-state index in [0.717, 1.165) is 12.8 Å². The Hall–Kier alpha value is -0.640. The van der Waals surface area contributed by atoms with E-state index in [-0.39, 0.29) is 17.4 Å². The van der Waals surface area contributed by atoms with Crippen LogP contribution in [0.4, 0.5) is 0 Å². The fourth-order valence-electron chi connectivity index (χ4n) is 1.67. The summed E-state index contributed by atoms with van der Waals surface area (Å²) in [6, 6.07) is -0.0929. The predicted molar refractivity (Wildman–Crippen MR) is 74.7 cm³/mol. The summed E-state index contributed by atoms with van der Waals surface area (Å²) in [5.41, 5.74) is 5.81. The molecule has 0 aromatic carbocycles. The zero-order valence-electron chi connectivity index (χ0n) is 11.2. The van der Waals surface area contributed by atoms with Crippen LogP contribution in [0.3, 0.4) is 0 Å². The van der Waals surface area contributed by atoms with E-state index in [1.165, 1.54) is 0 Å². The van der Waals surface area contributed by atoms with Gasteiger partial charge in [0.25, 0.3) is 0 Å². The average Bonchev–Trinajstić information content (AvgIpc) is 2.95. The number of thiocarbonyl (C=S) groups is 1. The summed E-state index contributed by atoms with van der Waals surface area (Å²) in [6.45, 7) is 8.55. The standard InChI is InChI=1S/C13H24N2OS/c1-8(13(2,3)4)7-10(16)15-11(12(14)17)9-5-6-9/h8-9,11H,5-7H2,1-4H3,(H2,14,17)(H,15,16). The third-order valence-corrected chi connectivity index (χ3v) is 3.94. The smallest absolute Gasteiger partial charge is 0.220 e. The molecule has 1 amide bonds. The first-order valence-corrected chi connectivity index (χ1v) is 6.71. The Morgan fingerprint density at radius 2 is 2.00 bits per heavy atom. The van der Waals surface area contributed by atoms with Gasteiger partial charge in [-0.3, -0.25) is 4.79 Å². The minimum Gasteiger partial charge on any atom is -0.392 e. The molecule has 0 saturated heterocycles. The average molecular weight is 256 g/mol. The lowest BCUT2D eigenvalue weighted by molar-refractivity contribution is -0.123.